The Morgan fingerprint density at radius 2 is 1.81 bits per heavy atom. The zero-order chi connectivity index (χ0) is 27.0. The second-order valence-corrected chi connectivity index (χ2v) is 13.3. The van der Waals surface area contributed by atoms with Crippen molar-refractivity contribution in [1.29, 1.82) is 0 Å². The lowest BCUT2D eigenvalue weighted by Crippen LogP contribution is -2.27. The first kappa shape index (κ1) is 29.3. The van der Waals surface area contributed by atoms with Crippen molar-refractivity contribution in [2.24, 2.45) is 5.90 Å². The molecule has 0 saturated carbocycles. The molecule has 0 aliphatic heterocycles. The van der Waals surface area contributed by atoms with E-state index < -0.39 is 11.1 Å². The molecular weight excluding hydrogens is 572 g/mol. The SMILES string of the molecule is CC(C)(C)c1ccc(C(C/C=C(\ON)c2ccc(Br)s2)Cc2ccc(C(=O)NCCS(=O)O)cc2)cc1. The third-order valence-electron chi connectivity index (χ3n) is 6.04. The molecule has 9 heteroatoms. The molecule has 0 saturated heterocycles. The van der Waals surface area contributed by atoms with Crippen LogP contribution in [0.15, 0.2) is 70.5 Å². The number of nitrogens with one attached hydrogen (secondary N) is 1. The first-order chi connectivity index (χ1) is 17.6. The van der Waals surface area contributed by atoms with Gasteiger partial charge in [-0.15, -0.1) is 11.3 Å². The van der Waals surface area contributed by atoms with Crippen LogP contribution in [0.25, 0.3) is 5.76 Å². The monoisotopic (exact) mass is 604 g/mol. The van der Waals surface area contributed by atoms with E-state index in [0.717, 1.165) is 27.1 Å². The molecule has 0 aliphatic rings. The number of hydrogen-bond acceptors (Lipinski definition) is 5. The number of carbonyl (C=O) groups is 1. The van der Waals surface area contributed by atoms with Crippen LogP contribution in [-0.4, -0.2) is 27.0 Å². The number of nitrogens with two attached hydrogens (primary N) is 1. The van der Waals surface area contributed by atoms with E-state index in [0.29, 0.717) is 11.3 Å². The molecule has 0 spiro atoms. The van der Waals surface area contributed by atoms with E-state index in [1.54, 1.807) is 23.5 Å². The van der Waals surface area contributed by atoms with E-state index in [4.69, 9.17) is 15.3 Å². The van der Waals surface area contributed by atoms with Gasteiger partial charge in [0.15, 0.2) is 16.8 Å². The molecule has 0 bridgehead atoms. The fourth-order valence-electron chi connectivity index (χ4n) is 3.93. The third kappa shape index (κ3) is 8.90. The summed E-state index contributed by atoms with van der Waals surface area (Å²) in [5.74, 6) is 6.16. The van der Waals surface area contributed by atoms with Gasteiger partial charge in [0.25, 0.3) is 5.91 Å². The van der Waals surface area contributed by atoms with Gasteiger partial charge in [-0.2, -0.15) is 5.90 Å². The summed E-state index contributed by atoms with van der Waals surface area (Å²) >= 11 is 3.12. The van der Waals surface area contributed by atoms with Crippen molar-refractivity contribution in [1.82, 2.24) is 5.32 Å². The number of benzene rings is 2. The Morgan fingerprint density at radius 3 is 2.35 bits per heavy atom. The Hall–Kier alpha value is -2.30. The smallest absolute Gasteiger partial charge is 0.251 e. The highest BCUT2D eigenvalue weighted by Crippen LogP contribution is 2.32. The molecule has 0 fully saturated rings. The molecule has 37 heavy (non-hydrogen) atoms. The molecule has 198 valence electrons. The summed E-state index contributed by atoms with van der Waals surface area (Å²) < 4.78 is 20.7. The number of hydrogen-bond donors (Lipinski definition) is 3. The fourth-order valence-corrected chi connectivity index (χ4v) is 5.57. The minimum absolute atomic E-state index is 0.00392. The minimum Gasteiger partial charge on any atom is -0.410 e. The zero-order valence-electron chi connectivity index (χ0n) is 21.2. The van der Waals surface area contributed by atoms with Crippen molar-refractivity contribution in [3.05, 3.63) is 97.7 Å². The second kappa shape index (κ2) is 13.5. The first-order valence-corrected chi connectivity index (χ1v) is 14.8. The van der Waals surface area contributed by atoms with Crippen LogP contribution < -0.4 is 11.2 Å². The lowest BCUT2D eigenvalue weighted by molar-refractivity contribution is 0.0956. The summed E-state index contributed by atoms with van der Waals surface area (Å²) in [6.07, 6.45) is 3.52. The molecule has 3 aromatic rings. The number of amides is 1. The van der Waals surface area contributed by atoms with Crippen molar-refractivity contribution >= 4 is 50.0 Å². The summed E-state index contributed by atoms with van der Waals surface area (Å²) in [6.45, 7) is 6.75. The van der Waals surface area contributed by atoms with E-state index in [9.17, 15) is 9.00 Å². The summed E-state index contributed by atoms with van der Waals surface area (Å²) in [4.78, 5) is 18.5. The van der Waals surface area contributed by atoms with Crippen LogP contribution in [0.4, 0.5) is 0 Å². The second-order valence-electron chi connectivity index (χ2n) is 9.78. The Bertz CT molecular complexity index is 1230. The lowest BCUT2D eigenvalue weighted by Gasteiger charge is -2.21. The van der Waals surface area contributed by atoms with Gasteiger partial charge in [0.1, 0.15) is 0 Å². The molecule has 4 N–H and O–H groups in total. The van der Waals surface area contributed by atoms with Gasteiger partial charge >= 0.3 is 0 Å². The largest absolute Gasteiger partial charge is 0.410 e. The molecular formula is C28H33BrN2O4S2. The predicted octanol–water partition coefficient (Wildman–Crippen LogP) is 6.41. The Kier molecular flexibility index (Phi) is 10.7. The molecule has 2 unspecified atom stereocenters. The maximum absolute atomic E-state index is 12.3. The van der Waals surface area contributed by atoms with E-state index >= 15 is 0 Å². The summed E-state index contributed by atoms with van der Waals surface area (Å²) in [7, 11) is 0. The van der Waals surface area contributed by atoms with Gasteiger partial charge in [-0.1, -0.05) is 57.2 Å². The van der Waals surface area contributed by atoms with Crippen molar-refractivity contribution in [3.8, 4) is 0 Å². The van der Waals surface area contributed by atoms with Crippen LogP contribution in [0.2, 0.25) is 0 Å². The van der Waals surface area contributed by atoms with E-state index in [-0.39, 0.29) is 29.5 Å². The van der Waals surface area contributed by atoms with E-state index in [2.05, 4.69) is 66.3 Å². The quantitative estimate of drug-likeness (QED) is 0.133. The number of thiophene rings is 1. The van der Waals surface area contributed by atoms with Crippen molar-refractivity contribution in [2.75, 3.05) is 12.3 Å². The maximum Gasteiger partial charge on any atom is 0.251 e. The lowest BCUT2D eigenvalue weighted by atomic mass is 9.83. The standard InChI is InChI=1S/C28H33BrN2O4S2/c1-28(2,3)23-11-8-20(9-12-23)22(10-13-24(35-30)25-14-15-26(29)36-25)18-19-4-6-21(7-5-19)27(32)31-16-17-37(33)34/h4-9,11-15,22H,10,16-18,30H2,1-3H3,(H,31,32)(H,33,34)/b24-13-. The predicted molar refractivity (Wildman–Crippen MR) is 156 cm³/mol. The molecule has 0 aliphatic carbocycles. The van der Waals surface area contributed by atoms with Crippen LogP contribution in [-0.2, 0) is 27.8 Å². The minimum atomic E-state index is -1.93. The summed E-state index contributed by atoms with van der Waals surface area (Å²) in [5, 5.41) is 2.66. The first-order valence-electron chi connectivity index (χ1n) is 11.9. The number of halogens is 1. The maximum atomic E-state index is 12.3. The molecule has 2 aromatic carbocycles. The molecule has 1 amide bonds. The molecule has 0 radical (unpaired) electrons. The summed E-state index contributed by atoms with van der Waals surface area (Å²) in [6, 6.07) is 20.2. The number of carbonyl (C=O) groups excluding carboxylic acids is 1. The van der Waals surface area contributed by atoms with Crippen LogP contribution in [0, 0.1) is 0 Å². The number of rotatable bonds is 11. The van der Waals surface area contributed by atoms with Crippen LogP contribution >= 0.6 is 27.3 Å². The van der Waals surface area contributed by atoms with Gasteiger partial charge in [0, 0.05) is 12.1 Å². The van der Waals surface area contributed by atoms with Gasteiger partial charge < -0.3 is 14.7 Å². The molecule has 2 atom stereocenters. The topological polar surface area (TPSA) is 102 Å². The average molecular weight is 606 g/mol. The third-order valence-corrected chi connectivity index (χ3v) is 8.23. The van der Waals surface area contributed by atoms with Gasteiger partial charge in [-0.25, -0.2) is 4.21 Å². The molecule has 1 aromatic heterocycles. The van der Waals surface area contributed by atoms with Gasteiger partial charge in [0.2, 0.25) is 0 Å². The fraction of sp³-hybridized carbons (Fsp3) is 0.321. The van der Waals surface area contributed by atoms with E-state index in [1.807, 2.05) is 30.3 Å². The van der Waals surface area contributed by atoms with Crippen molar-refractivity contribution < 1.29 is 18.4 Å². The Labute approximate surface area is 233 Å². The summed E-state index contributed by atoms with van der Waals surface area (Å²) in [5.41, 5.74) is 4.18. The molecule has 1 heterocycles. The van der Waals surface area contributed by atoms with Crippen LogP contribution in [0.3, 0.4) is 0 Å². The van der Waals surface area contributed by atoms with Crippen molar-refractivity contribution in [3.63, 3.8) is 0 Å². The van der Waals surface area contributed by atoms with Crippen molar-refractivity contribution in [2.45, 2.75) is 44.9 Å². The number of allylic oxidation sites excluding steroid dienone is 1. The van der Waals surface area contributed by atoms with Crippen LogP contribution in [0.5, 0.6) is 0 Å². The van der Waals surface area contributed by atoms with Gasteiger partial charge in [0.05, 0.1) is 14.4 Å². The highest BCUT2D eigenvalue weighted by atomic mass is 79.9. The normalized spacial score (nSPS) is 13.7. The van der Waals surface area contributed by atoms with Gasteiger partial charge in [-0.05, 0) is 87.1 Å². The zero-order valence-corrected chi connectivity index (χ0v) is 24.4. The Morgan fingerprint density at radius 1 is 1.14 bits per heavy atom. The van der Waals surface area contributed by atoms with Crippen LogP contribution in [0.1, 0.15) is 65.0 Å². The Balaban J connectivity index is 1.81. The highest BCUT2D eigenvalue weighted by molar-refractivity contribution is 9.11. The average Bonchev–Trinajstić information content (AvgIpc) is 3.29. The van der Waals surface area contributed by atoms with E-state index in [1.165, 1.54) is 11.1 Å². The molecule has 6 nitrogen and oxygen atoms in total. The highest BCUT2D eigenvalue weighted by Gasteiger charge is 2.17. The molecule has 3 rings (SSSR count). The van der Waals surface area contributed by atoms with Gasteiger partial charge in [-0.3, -0.25) is 4.79 Å².